The molecule has 1 aliphatic heterocycles. The van der Waals surface area contributed by atoms with Crippen LogP contribution in [0.1, 0.15) is 26.7 Å². The van der Waals surface area contributed by atoms with Gasteiger partial charge >= 0.3 is 0 Å². The highest BCUT2D eigenvalue weighted by Crippen LogP contribution is 2.37. The highest BCUT2D eigenvalue weighted by Gasteiger charge is 2.47. The summed E-state index contributed by atoms with van der Waals surface area (Å²) in [5.41, 5.74) is 1.40. The van der Waals surface area contributed by atoms with Crippen LogP contribution in [0.15, 0.2) is 11.6 Å². The monoisotopic (exact) mass is 270 g/mol. The van der Waals surface area contributed by atoms with Crippen molar-refractivity contribution >= 4 is 23.4 Å². The second-order valence-electron chi connectivity index (χ2n) is 5.36. The van der Waals surface area contributed by atoms with Crippen LogP contribution in [-0.4, -0.2) is 35.3 Å². The van der Waals surface area contributed by atoms with Gasteiger partial charge in [-0.1, -0.05) is 31.5 Å². The Morgan fingerprint density at radius 3 is 2.61 bits per heavy atom. The fraction of sp³-hybridized carbons (Fsp3) is 0.692. The Hall–Kier alpha value is -1.03. The van der Waals surface area contributed by atoms with Crippen molar-refractivity contribution in [3.63, 3.8) is 0 Å². The molecule has 0 radical (unpaired) electrons. The number of hydrogen-bond donors (Lipinski definition) is 1. The first kappa shape index (κ1) is 13.4. The fourth-order valence-electron chi connectivity index (χ4n) is 2.45. The van der Waals surface area contributed by atoms with Crippen molar-refractivity contribution in [3.05, 3.63) is 11.6 Å². The zero-order chi connectivity index (χ0) is 13.3. The van der Waals surface area contributed by atoms with Gasteiger partial charge in [0.2, 0.25) is 11.8 Å². The minimum atomic E-state index is -0.406. The number of carbonyl (C=O) groups is 2. The van der Waals surface area contributed by atoms with E-state index in [0.29, 0.717) is 12.5 Å². The van der Waals surface area contributed by atoms with Crippen molar-refractivity contribution in [1.82, 2.24) is 10.2 Å². The second-order valence-corrected chi connectivity index (χ2v) is 5.62. The first-order valence-corrected chi connectivity index (χ1v) is 6.86. The van der Waals surface area contributed by atoms with Gasteiger partial charge < -0.3 is 10.2 Å². The molecule has 2 fully saturated rings. The normalized spacial score (nSPS) is 29.2. The molecule has 1 aliphatic carbocycles. The predicted molar refractivity (Wildman–Crippen MR) is 70.0 cm³/mol. The van der Waals surface area contributed by atoms with Crippen LogP contribution in [-0.2, 0) is 9.59 Å². The first-order chi connectivity index (χ1) is 8.56. The SMILES string of the molecule is CC(C)C1NC(=O)C(C2CC2)N(C/C=C/Cl)C1=O. The van der Waals surface area contributed by atoms with E-state index >= 15 is 0 Å². The van der Waals surface area contributed by atoms with Crippen molar-refractivity contribution in [3.8, 4) is 0 Å². The van der Waals surface area contributed by atoms with Gasteiger partial charge in [0.25, 0.3) is 0 Å². The molecule has 0 aromatic carbocycles. The summed E-state index contributed by atoms with van der Waals surface area (Å²) in [6.45, 7) is 4.30. The van der Waals surface area contributed by atoms with Crippen molar-refractivity contribution in [1.29, 1.82) is 0 Å². The van der Waals surface area contributed by atoms with Crippen molar-refractivity contribution in [2.24, 2.45) is 11.8 Å². The molecule has 100 valence electrons. The standard InChI is InChI=1S/C13H19ClN2O2/c1-8(2)10-13(18)16(7-3-6-14)11(9-4-5-9)12(17)15-10/h3,6,8-11H,4-5,7H2,1-2H3,(H,15,17)/b6-3+. The number of carbonyl (C=O) groups excluding carboxylic acids is 2. The quantitative estimate of drug-likeness (QED) is 0.842. The fourth-order valence-corrected chi connectivity index (χ4v) is 2.53. The number of rotatable bonds is 4. The lowest BCUT2D eigenvalue weighted by Crippen LogP contribution is -2.65. The number of piperazine rings is 1. The minimum Gasteiger partial charge on any atom is -0.342 e. The largest absolute Gasteiger partial charge is 0.342 e. The van der Waals surface area contributed by atoms with E-state index < -0.39 is 6.04 Å². The van der Waals surface area contributed by atoms with Crippen LogP contribution in [0.4, 0.5) is 0 Å². The molecule has 1 saturated heterocycles. The molecule has 0 spiro atoms. The van der Waals surface area contributed by atoms with E-state index in [1.54, 1.807) is 11.0 Å². The lowest BCUT2D eigenvalue weighted by molar-refractivity contribution is -0.150. The lowest BCUT2D eigenvalue weighted by Gasteiger charge is -2.40. The Morgan fingerprint density at radius 2 is 2.11 bits per heavy atom. The topological polar surface area (TPSA) is 49.4 Å². The maximum atomic E-state index is 12.4. The molecule has 1 saturated carbocycles. The molecule has 1 N–H and O–H groups in total. The van der Waals surface area contributed by atoms with Crippen LogP contribution in [0.2, 0.25) is 0 Å². The zero-order valence-electron chi connectivity index (χ0n) is 10.7. The van der Waals surface area contributed by atoms with Gasteiger partial charge in [0, 0.05) is 12.1 Å². The first-order valence-electron chi connectivity index (χ1n) is 6.42. The van der Waals surface area contributed by atoms with Gasteiger partial charge in [-0.25, -0.2) is 0 Å². The summed E-state index contributed by atoms with van der Waals surface area (Å²) in [5, 5.41) is 2.86. The van der Waals surface area contributed by atoms with Crippen LogP contribution < -0.4 is 5.32 Å². The molecule has 18 heavy (non-hydrogen) atoms. The average molecular weight is 271 g/mol. The average Bonchev–Trinajstić information content (AvgIpc) is 3.13. The number of nitrogens with one attached hydrogen (secondary N) is 1. The van der Waals surface area contributed by atoms with Crippen LogP contribution in [0.25, 0.3) is 0 Å². The molecule has 2 atom stereocenters. The molecule has 2 rings (SSSR count). The summed E-state index contributed by atoms with van der Waals surface area (Å²) in [7, 11) is 0. The number of nitrogens with zero attached hydrogens (tertiary/aromatic N) is 1. The summed E-state index contributed by atoms with van der Waals surface area (Å²) >= 11 is 5.53. The number of amides is 2. The van der Waals surface area contributed by atoms with Gasteiger partial charge in [-0.3, -0.25) is 9.59 Å². The van der Waals surface area contributed by atoms with Crippen molar-refractivity contribution in [2.45, 2.75) is 38.8 Å². The Balaban J connectivity index is 2.20. The van der Waals surface area contributed by atoms with Gasteiger partial charge in [0.1, 0.15) is 12.1 Å². The summed E-state index contributed by atoms with van der Waals surface area (Å²) < 4.78 is 0. The van der Waals surface area contributed by atoms with Crippen LogP contribution in [0, 0.1) is 11.8 Å². The maximum Gasteiger partial charge on any atom is 0.246 e. The summed E-state index contributed by atoms with van der Waals surface area (Å²) in [5.74, 6) is 0.421. The lowest BCUT2D eigenvalue weighted by atomic mass is 9.96. The van der Waals surface area contributed by atoms with Gasteiger partial charge in [-0.15, -0.1) is 0 Å². The van der Waals surface area contributed by atoms with Gasteiger partial charge in [0.15, 0.2) is 0 Å². The Bertz CT molecular complexity index is 377. The van der Waals surface area contributed by atoms with E-state index in [-0.39, 0.29) is 23.8 Å². The summed E-state index contributed by atoms with van der Waals surface area (Å²) in [6, 6.07) is -0.711. The van der Waals surface area contributed by atoms with E-state index in [1.807, 2.05) is 13.8 Å². The Labute approximate surface area is 112 Å². The zero-order valence-corrected chi connectivity index (χ0v) is 11.5. The van der Waals surface area contributed by atoms with Crippen LogP contribution in [0.5, 0.6) is 0 Å². The van der Waals surface area contributed by atoms with E-state index in [0.717, 1.165) is 12.8 Å². The van der Waals surface area contributed by atoms with Crippen LogP contribution >= 0.6 is 11.6 Å². The summed E-state index contributed by atoms with van der Waals surface area (Å²) in [4.78, 5) is 26.2. The highest BCUT2D eigenvalue weighted by molar-refractivity contribution is 6.25. The molecule has 2 unspecified atom stereocenters. The number of halogens is 1. The third-order valence-corrected chi connectivity index (χ3v) is 3.76. The highest BCUT2D eigenvalue weighted by atomic mass is 35.5. The van der Waals surface area contributed by atoms with Gasteiger partial charge in [-0.2, -0.15) is 0 Å². The summed E-state index contributed by atoms with van der Waals surface area (Å²) in [6.07, 6.45) is 3.77. The van der Waals surface area contributed by atoms with Gasteiger partial charge in [0.05, 0.1) is 0 Å². The van der Waals surface area contributed by atoms with Crippen molar-refractivity contribution in [2.75, 3.05) is 6.54 Å². The predicted octanol–water partition coefficient (Wildman–Crippen LogP) is 1.50. The smallest absolute Gasteiger partial charge is 0.246 e. The third kappa shape index (κ3) is 2.53. The Kier molecular flexibility index (Phi) is 3.95. The minimum absolute atomic E-state index is 0.0104. The van der Waals surface area contributed by atoms with E-state index in [4.69, 9.17) is 11.6 Å². The molecule has 2 amide bonds. The molecular formula is C13H19ClN2O2. The second kappa shape index (κ2) is 5.31. The van der Waals surface area contributed by atoms with Gasteiger partial charge in [-0.05, 0) is 24.7 Å². The van der Waals surface area contributed by atoms with E-state index in [9.17, 15) is 9.59 Å². The molecular weight excluding hydrogens is 252 g/mol. The third-order valence-electron chi connectivity index (χ3n) is 3.58. The van der Waals surface area contributed by atoms with E-state index in [1.165, 1.54) is 5.54 Å². The molecule has 0 aromatic rings. The number of hydrogen-bond acceptors (Lipinski definition) is 2. The molecule has 0 bridgehead atoms. The molecule has 5 heteroatoms. The van der Waals surface area contributed by atoms with E-state index in [2.05, 4.69) is 5.32 Å². The maximum absolute atomic E-state index is 12.4. The van der Waals surface area contributed by atoms with Crippen molar-refractivity contribution < 1.29 is 9.59 Å². The van der Waals surface area contributed by atoms with Crippen LogP contribution in [0.3, 0.4) is 0 Å². The Morgan fingerprint density at radius 1 is 1.44 bits per heavy atom. The molecule has 4 nitrogen and oxygen atoms in total. The molecule has 2 aliphatic rings. The molecule has 1 heterocycles. The molecule has 0 aromatic heterocycles.